The van der Waals surface area contributed by atoms with Crippen molar-refractivity contribution >= 4 is 23.7 Å². The lowest BCUT2D eigenvalue weighted by molar-refractivity contribution is -0.164. The summed E-state index contributed by atoms with van der Waals surface area (Å²) in [4.78, 5) is 44.5. The van der Waals surface area contributed by atoms with Gasteiger partial charge < -0.3 is 9.84 Å². The molecule has 0 aromatic rings. The highest BCUT2D eigenvalue weighted by molar-refractivity contribution is 6.35. The van der Waals surface area contributed by atoms with Crippen LogP contribution in [0.5, 0.6) is 0 Å². The molecule has 0 rings (SSSR count). The Morgan fingerprint density at radius 1 is 0.677 bits per heavy atom. The molecule has 6 nitrogen and oxygen atoms in total. The SMILES string of the molecule is CCC=CCC=CCC=CCC=CCC=CCCCC(=O)OC(=O)C(=O)CCC(=O)O. The quantitative estimate of drug-likeness (QED) is 0.109. The van der Waals surface area contributed by atoms with Gasteiger partial charge in [-0.1, -0.05) is 67.7 Å². The summed E-state index contributed by atoms with van der Waals surface area (Å²) in [6.45, 7) is 2.12. The maximum atomic E-state index is 11.5. The van der Waals surface area contributed by atoms with Crippen molar-refractivity contribution in [3.8, 4) is 0 Å². The third-order valence-corrected chi connectivity index (χ3v) is 3.91. The average Bonchev–Trinajstić information content (AvgIpc) is 2.74. The van der Waals surface area contributed by atoms with E-state index in [4.69, 9.17) is 5.11 Å². The number of carbonyl (C=O) groups excluding carboxylic acids is 3. The van der Waals surface area contributed by atoms with Gasteiger partial charge in [0.2, 0.25) is 5.78 Å². The molecule has 0 unspecified atom stereocenters. The van der Waals surface area contributed by atoms with E-state index in [1.165, 1.54) is 0 Å². The number of unbranched alkanes of at least 4 members (excludes halogenated alkanes) is 1. The zero-order valence-electron chi connectivity index (χ0n) is 18.3. The van der Waals surface area contributed by atoms with Crippen LogP contribution in [0.3, 0.4) is 0 Å². The molecule has 0 heterocycles. The van der Waals surface area contributed by atoms with E-state index < -0.39 is 36.5 Å². The third kappa shape index (κ3) is 20.0. The van der Waals surface area contributed by atoms with Crippen LogP contribution in [0.1, 0.15) is 71.1 Å². The van der Waals surface area contributed by atoms with Gasteiger partial charge in [-0.3, -0.25) is 14.4 Å². The van der Waals surface area contributed by atoms with E-state index in [1.54, 1.807) is 0 Å². The maximum absolute atomic E-state index is 11.5. The van der Waals surface area contributed by atoms with Crippen molar-refractivity contribution < 1.29 is 29.0 Å². The molecule has 0 radical (unpaired) electrons. The maximum Gasteiger partial charge on any atom is 0.382 e. The number of rotatable bonds is 17. The Kier molecular flexibility index (Phi) is 18.3. The lowest BCUT2D eigenvalue weighted by Gasteiger charge is -2.01. The van der Waals surface area contributed by atoms with E-state index in [2.05, 4.69) is 60.3 Å². The van der Waals surface area contributed by atoms with Crippen molar-refractivity contribution in [1.29, 1.82) is 0 Å². The van der Waals surface area contributed by atoms with Gasteiger partial charge in [0, 0.05) is 12.8 Å². The van der Waals surface area contributed by atoms with Gasteiger partial charge in [0.05, 0.1) is 6.42 Å². The van der Waals surface area contributed by atoms with Crippen LogP contribution < -0.4 is 0 Å². The number of carbonyl (C=O) groups is 4. The minimum atomic E-state index is -1.29. The molecule has 0 atom stereocenters. The van der Waals surface area contributed by atoms with Crippen molar-refractivity contribution in [2.45, 2.75) is 71.1 Å². The van der Waals surface area contributed by atoms with Gasteiger partial charge in [0.15, 0.2) is 0 Å². The molecule has 0 bridgehead atoms. The summed E-state index contributed by atoms with van der Waals surface area (Å²) in [6, 6.07) is 0. The second-order valence-electron chi connectivity index (χ2n) is 6.68. The smallest absolute Gasteiger partial charge is 0.382 e. The second kappa shape index (κ2) is 20.3. The van der Waals surface area contributed by atoms with Gasteiger partial charge in [-0.25, -0.2) is 4.79 Å². The first kappa shape index (κ1) is 28.0. The Morgan fingerprint density at radius 2 is 1.16 bits per heavy atom. The Hall–Kier alpha value is -3.02. The van der Waals surface area contributed by atoms with Crippen LogP contribution in [0.25, 0.3) is 0 Å². The summed E-state index contributed by atoms with van der Waals surface area (Å²) in [5.41, 5.74) is 0. The minimum absolute atomic E-state index is 0.0201. The van der Waals surface area contributed by atoms with E-state index >= 15 is 0 Å². The Balaban J connectivity index is 3.73. The van der Waals surface area contributed by atoms with Gasteiger partial charge >= 0.3 is 17.9 Å². The summed E-state index contributed by atoms with van der Waals surface area (Å²) >= 11 is 0. The largest absolute Gasteiger partial charge is 0.481 e. The average molecular weight is 431 g/mol. The summed E-state index contributed by atoms with van der Waals surface area (Å²) in [6.07, 6.45) is 26.0. The number of hydrogen-bond donors (Lipinski definition) is 1. The van der Waals surface area contributed by atoms with Crippen molar-refractivity contribution in [2.75, 3.05) is 0 Å². The summed E-state index contributed by atoms with van der Waals surface area (Å²) in [5.74, 6) is -4.26. The van der Waals surface area contributed by atoms with Crippen LogP contribution in [-0.2, 0) is 23.9 Å². The molecule has 1 N–H and O–H groups in total. The molecule has 6 heteroatoms. The molecular formula is C25H34O6. The monoisotopic (exact) mass is 430 g/mol. The van der Waals surface area contributed by atoms with Crippen molar-refractivity contribution in [3.63, 3.8) is 0 Å². The number of ether oxygens (including phenoxy) is 1. The third-order valence-electron chi connectivity index (χ3n) is 3.91. The van der Waals surface area contributed by atoms with Gasteiger partial charge in [-0.2, -0.15) is 0 Å². The normalized spacial score (nSPS) is 12.0. The number of aliphatic carboxylic acids is 1. The number of hydrogen-bond acceptors (Lipinski definition) is 5. The van der Waals surface area contributed by atoms with E-state index in [1.807, 2.05) is 12.2 Å². The predicted molar refractivity (Wildman–Crippen MR) is 121 cm³/mol. The number of Topliss-reactive ketones (excluding diaryl/α,β-unsaturated/α-hetero) is 1. The summed E-state index contributed by atoms with van der Waals surface area (Å²) in [7, 11) is 0. The van der Waals surface area contributed by atoms with E-state index in [9.17, 15) is 19.2 Å². The first-order valence-corrected chi connectivity index (χ1v) is 10.7. The molecule has 0 fully saturated rings. The van der Waals surface area contributed by atoms with Crippen LogP contribution in [-0.4, -0.2) is 28.8 Å². The number of esters is 2. The van der Waals surface area contributed by atoms with Crippen molar-refractivity contribution in [1.82, 2.24) is 0 Å². The van der Waals surface area contributed by atoms with Crippen molar-refractivity contribution in [3.05, 3.63) is 60.8 Å². The van der Waals surface area contributed by atoms with Crippen LogP contribution >= 0.6 is 0 Å². The molecule has 0 aliphatic heterocycles. The molecule has 0 aliphatic carbocycles. The fourth-order valence-electron chi connectivity index (χ4n) is 2.27. The standard InChI is InChI=1S/C25H34O6/c1-2-3-4-5-6-7-8-9-10-11-12-13-14-15-16-17-18-19-24(29)31-25(30)22(26)20-21-23(27)28/h3-4,6-7,9-10,12-13,15-16H,2,5,8,11,14,17-21H2,1H3,(H,27,28). The lowest BCUT2D eigenvalue weighted by atomic mass is 10.2. The molecular weight excluding hydrogens is 396 g/mol. The van der Waals surface area contributed by atoms with Crippen molar-refractivity contribution in [2.24, 2.45) is 0 Å². The van der Waals surface area contributed by atoms with E-state index in [-0.39, 0.29) is 6.42 Å². The van der Waals surface area contributed by atoms with Crippen LogP contribution in [0.4, 0.5) is 0 Å². The summed E-state index contributed by atoms with van der Waals surface area (Å²) < 4.78 is 4.40. The number of allylic oxidation sites excluding steroid dienone is 10. The first-order valence-electron chi connectivity index (χ1n) is 10.7. The van der Waals surface area contributed by atoms with Gasteiger partial charge in [-0.05, 0) is 44.9 Å². The number of ketones is 1. The van der Waals surface area contributed by atoms with Gasteiger partial charge in [0.1, 0.15) is 0 Å². The zero-order valence-corrected chi connectivity index (χ0v) is 18.3. The molecule has 0 spiro atoms. The minimum Gasteiger partial charge on any atom is -0.481 e. The topological polar surface area (TPSA) is 97.7 Å². The lowest BCUT2D eigenvalue weighted by Crippen LogP contribution is -2.21. The Morgan fingerprint density at radius 3 is 1.65 bits per heavy atom. The van der Waals surface area contributed by atoms with Crippen LogP contribution in [0.2, 0.25) is 0 Å². The van der Waals surface area contributed by atoms with E-state index in [0.717, 1.165) is 32.1 Å². The molecule has 0 aliphatic rings. The molecule has 0 aromatic carbocycles. The molecule has 0 saturated carbocycles. The zero-order chi connectivity index (χ0) is 23.2. The molecule has 0 amide bonds. The number of carboxylic acids is 1. The molecule has 31 heavy (non-hydrogen) atoms. The van der Waals surface area contributed by atoms with Crippen LogP contribution in [0, 0.1) is 0 Å². The van der Waals surface area contributed by atoms with Gasteiger partial charge in [-0.15, -0.1) is 0 Å². The second-order valence-corrected chi connectivity index (χ2v) is 6.68. The highest BCUT2D eigenvalue weighted by Crippen LogP contribution is 2.02. The fourth-order valence-corrected chi connectivity index (χ4v) is 2.27. The van der Waals surface area contributed by atoms with E-state index in [0.29, 0.717) is 12.8 Å². The predicted octanol–water partition coefficient (Wildman–Crippen LogP) is 5.41. The highest BCUT2D eigenvalue weighted by Gasteiger charge is 2.19. The number of carboxylic acid groups (broad SMARTS) is 1. The molecule has 170 valence electrons. The fraction of sp³-hybridized carbons (Fsp3) is 0.440. The van der Waals surface area contributed by atoms with Crippen LogP contribution in [0.15, 0.2) is 60.8 Å². The highest BCUT2D eigenvalue weighted by atomic mass is 16.6. The Labute approximate surface area is 185 Å². The molecule has 0 aromatic heterocycles. The molecule has 0 saturated heterocycles. The van der Waals surface area contributed by atoms with Gasteiger partial charge in [0.25, 0.3) is 0 Å². The first-order chi connectivity index (χ1) is 15.0. The Bertz CT molecular complexity index is 695. The summed E-state index contributed by atoms with van der Waals surface area (Å²) in [5, 5.41) is 8.45.